The van der Waals surface area contributed by atoms with Gasteiger partial charge >= 0.3 is 0 Å². The number of aryl methyl sites for hydroxylation is 1. The van der Waals surface area contributed by atoms with Crippen molar-refractivity contribution in [2.45, 2.75) is 37.8 Å². The lowest BCUT2D eigenvalue weighted by molar-refractivity contribution is 0.102. The van der Waals surface area contributed by atoms with Crippen molar-refractivity contribution < 1.29 is 9.53 Å². The Kier molecular flexibility index (Phi) is 5.02. The van der Waals surface area contributed by atoms with E-state index in [1.807, 2.05) is 55.8 Å². The van der Waals surface area contributed by atoms with Crippen molar-refractivity contribution in [3.8, 4) is 11.4 Å². The molecule has 0 unspecified atom stereocenters. The Hall–Kier alpha value is -2.54. The first-order valence-electron chi connectivity index (χ1n) is 9.38. The summed E-state index contributed by atoms with van der Waals surface area (Å²) in [6, 6.07) is 9.82. The number of nitrogens with zero attached hydrogens (tertiary/aromatic N) is 4. The summed E-state index contributed by atoms with van der Waals surface area (Å²) in [5.74, 6) is 2.85. The van der Waals surface area contributed by atoms with Crippen molar-refractivity contribution in [3.05, 3.63) is 53.1 Å². The lowest BCUT2D eigenvalue weighted by atomic mass is 10.2. The normalized spacial score (nSPS) is 13.7. The third-order valence-corrected chi connectivity index (χ3v) is 6.23. The van der Waals surface area contributed by atoms with Crippen LogP contribution in [0.25, 0.3) is 5.69 Å². The highest BCUT2D eigenvalue weighted by atomic mass is 32.2. The van der Waals surface area contributed by atoms with Gasteiger partial charge in [0.1, 0.15) is 11.6 Å². The van der Waals surface area contributed by atoms with Gasteiger partial charge in [0.25, 0.3) is 0 Å². The molecule has 4 rings (SSSR count). The molecule has 2 aromatic heterocycles. The van der Waals surface area contributed by atoms with E-state index in [1.54, 1.807) is 7.11 Å². The first kappa shape index (κ1) is 18.8. The van der Waals surface area contributed by atoms with Crippen LogP contribution < -0.4 is 4.74 Å². The predicted octanol–water partition coefficient (Wildman–Crippen LogP) is 4.08. The summed E-state index contributed by atoms with van der Waals surface area (Å²) in [6.07, 6.45) is 2.37. The number of Topliss-reactive ketones (excluding diaryl/α,β-unsaturated/α-hetero) is 1. The molecule has 0 aliphatic heterocycles. The zero-order valence-corrected chi connectivity index (χ0v) is 17.4. The van der Waals surface area contributed by atoms with Gasteiger partial charge in [-0.3, -0.25) is 4.79 Å². The number of carbonyl (C=O) groups excluding carboxylic acids is 1. The molecule has 0 saturated heterocycles. The largest absolute Gasteiger partial charge is 0.497 e. The molecule has 1 aliphatic rings. The fourth-order valence-electron chi connectivity index (χ4n) is 3.53. The predicted molar refractivity (Wildman–Crippen MR) is 110 cm³/mol. The van der Waals surface area contributed by atoms with E-state index in [0.717, 1.165) is 39.4 Å². The van der Waals surface area contributed by atoms with E-state index in [0.29, 0.717) is 11.7 Å². The van der Waals surface area contributed by atoms with Gasteiger partial charge in [-0.25, -0.2) is 0 Å². The smallest absolute Gasteiger partial charge is 0.191 e. The molecule has 7 heteroatoms. The van der Waals surface area contributed by atoms with Crippen LogP contribution in [0, 0.1) is 13.8 Å². The lowest BCUT2D eigenvalue weighted by Gasteiger charge is -2.10. The number of carbonyl (C=O) groups is 1. The van der Waals surface area contributed by atoms with Crippen molar-refractivity contribution >= 4 is 17.5 Å². The first-order valence-corrected chi connectivity index (χ1v) is 10.4. The van der Waals surface area contributed by atoms with Gasteiger partial charge in [0.05, 0.1) is 12.9 Å². The Morgan fingerprint density at radius 1 is 1.21 bits per heavy atom. The molecule has 0 amide bonds. The Bertz CT molecular complexity index is 1020. The van der Waals surface area contributed by atoms with Crippen LogP contribution in [-0.4, -0.2) is 38.0 Å². The summed E-state index contributed by atoms with van der Waals surface area (Å²) in [5.41, 5.74) is 3.76. The van der Waals surface area contributed by atoms with E-state index in [-0.39, 0.29) is 5.78 Å². The Labute approximate surface area is 168 Å². The Morgan fingerprint density at radius 3 is 2.57 bits per heavy atom. The highest BCUT2D eigenvalue weighted by molar-refractivity contribution is 7.99. The fraction of sp³-hybridized carbons (Fsp3) is 0.381. The van der Waals surface area contributed by atoms with Gasteiger partial charge in [0, 0.05) is 35.6 Å². The zero-order chi connectivity index (χ0) is 19.8. The van der Waals surface area contributed by atoms with E-state index >= 15 is 0 Å². The van der Waals surface area contributed by atoms with Crippen LogP contribution >= 0.6 is 11.8 Å². The number of ketones is 1. The van der Waals surface area contributed by atoms with E-state index in [9.17, 15) is 4.79 Å². The quantitative estimate of drug-likeness (QED) is 0.445. The Balaban J connectivity index is 1.51. The maximum atomic E-state index is 12.9. The number of ether oxygens (including phenoxy) is 1. The second-order valence-electron chi connectivity index (χ2n) is 7.20. The van der Waals surface area contributed by atoms with Gasteiger partial charge < -0.3 is 13.9 Å². The number of aromatic nitrogens is 4. The van der Waals surface area contributed by atoms with Crippen LogP contribution in [0.2, 0.25) is 0 Å². The number of methoxy groups -OCH3 is 1. The van der Waals surface area contributed by atoms with Crippen LogP contribution in [0.15, 0.2) is 35.5 Å². The first-order chi connectivity index (χ1) is 13.5. The van der Waals surface area contributed by atoms with Gasteiger partial charge in [-0.05, 0) is 57.0 Å². The second-order valence-corrected chi connectivity index (χ2v) is 8.15. The van der Waals surface area contributed by atoms with Gasteiger partial charge in [-0.15, -0.1) is 10.2 Å². The minimum atomic E-state index is 0.105. The second kappa shape index (κ2) is 7.47. The summed E-state index contributed by atoms with van der Waals surface area (Å²) in [6.45, 7) is 4.01. The topological polar surface area (TPSA) is 61.9 Å². The van der Waals surface area contributed by atoms with Crippen molar-refractivity contribution in [3.63, 3.8) is 0 Å². The highest BCUT2D eigenvalue weighted by Crippen LogP contribution is 2.39. The van der Waals surface area contributed by atoms with Crippen LogP contribution in [0.1, 0.15) is 46.3 Å². The average Bonchev–Trinajstić information content (AvgIpc) is 3.41. The summed E-state index contributed by atoms with van der Waals surface area (Å²) in [7, 11) is 3.64. The number of hydrogen-bond donors (Lipinski definition) is 0. The Morgan fingerprint density at radius 2 is 1.93 bits per heavy atom. The molecule has 0 radical (unpaired) electrons. The summed E-state index contributed by atoms with van der Waals surface area (Å²) >= 11 is 1.45. The zero-order valence-electron chi connectivity index (χ0n) is 16.6. The minimum Gasteiger partial charge on any atom is -0.497 e. The third-order valence-electron chi connectivity index (χ3n) is 5.21. The SMILES string of the molecule is COc1ccc(-n2c(C)cc(C(=O)CSc3nnc(C4CC4)n3C)c2C)cc1. The van der Waals surface area contributed by atoms with Crippen molar-refractivity contribution in [1.82, 2.24) is 19.3 Å². The number of hydrogen-bond acceptors (Lipinski definition) is 5. The van der Waals surface area contributed by atoms with Crippen molar-refractivity contribution in [2.75, 3.05) is 12.9 Å². The molecule has 28 heavy (non-hydrogen) atoms. The average molecular weight is 397 g/mol. The van der Waals surface area contributed by atoms with Crippen LogP contribution in [-0.2, 0) is 7.05 Å². The summed E-state index contributed by atoms with van der Waals surface area (Å²) in [4.78, 5) is 12.9. The molecular weight excluding hydrogens is 372 g/mol. The molecule has 1 aliphatic carbocycles. The third kappa shape index (κ3) is 3.46. The van der Waals surface area contributed by atoms with Gasteiger partial charge in [0.15, 0.2) is 10.9 Å². The molecule has 2 heterocycles. The van der Waals surface area contributed by atoms with E-state index < -0.39 is 0 Å². The molecule has 0 N–H and O–H groups in total. The monoisotopic (exact) mass is 396 g/mol. The molecular formula is C21H24N4O2S. The van der Waals surface area contributed by atoms with Gasteiger partial charge in [0.2, 0.25) is 0 Å². The standard InChI is InChI=1S/C21H24N4O2S/c1-13-11-18(14(2)25(13)16-7-9-17(27-4)10-8-16)19(26)12-28-21-23-22-20(24(21)3)15-5-6-15/h7-11,15H,5-6,12H2,1-4H3. The molecule has 146 valence electrons. The maximum absolute atomic E-state index is 12.9. The molecule has 0 atom stereocenters. The number of rotatable bonds is 7. The number of thioether (sulfide) groups is 1. The van der Waals surface area contributed by atoms with Crippen LogP contribution in [0.3, 0.4) is 0 Å². The van der Waals surface area contributed by atoms with Crippen LogP contribution in [0.5, 0.6) is 5.75 Å². The molecule has 1 aromatic carbocycles. The summed E-state index contributed by atoms with van der Waals surface area (Å²) in [5, 5.41) is 9.35. The maximum Gasteiger partial charge on any atom is 0.191 e. The molecule has 1 fully saturated rings. The van der Waals surface area contributed by atoms with Crippen molar-refractivity contribution in [1.29, 1.82) is 0 Å². The lowest BCUT2D eigenvalue weighted by Crippen LogP contribution is -2.06. The van der Waals surface area contributed by atoms with Gasteiger partial charge in [-0.2, -0.15) is 0 Å². The van der Waals surface area contributed by atoms with Gasteiger partial charge in [-0.1, -0.05) is 11.8 Å². The molecule has 0 bridgehead atoms. The molecule has 0 spiro atoms. The summed E-state index contributed by atoms with van der Waals surface area (Å²) < 4.78 is 9.36. The molecule has 3 aromatic rings. The minimum absolute atomic E-state index is 0.105. The fourth-order valence-corrected chi connectivity index (χ4v) is 4.33. The highest BCUT2D eigenvalue weighted by Gasteiger charge is 2.29. The molecule has 1 saturated carbocycles. The molecule has 6 nitrogen and oxygen atoms in total. The number of benzene rings is 1. The van der Waals surface area contributed by atoms with E-state index in [1.165, 1.54) is 24.6 Å². The van der Waals surface area contributed by atoms with E-state index in [2.05, 4.69) is 14.8 Å². The van der Waals surface area contributed by atoms with Crippen molar-refractivity contribution in [2.24, 2.45) is 7.05 Å². The van der Waals surface area contributed by atoms with Crippen LogP contribution in [0.4, 0.5) is 0 Å². The van der Waals surface area contributed by atoms with E-state index in [4.69, 9.17) is 4.74 Å².